The van der Waals surface area contributed by atoms with E-state index in [-0.39, 0.29) is 0 Å². The van der Waals surface area contributed by atoms with Gasteiger partial charge in [-0.15, -0.1) is 0 Å². The van der Waals surface area contributed by atoms with Crippen molar-refractivity contribution in [3.63, 3.8) is 0 Å². The van der Waals surface area contributed by atoms with Crippen LogP contribution in [0, 0.1) is 22.7 Å². The van der Waals surface area contributed by atoms with Crippen LogP contribution in [0.1, 0.15) is 19.8 Å². The summed E-state index contributed by atoms with van der Waals surface area (Å²) in [6.07, 6.45) is 0.733. The minimum absolute atomic E-state index is 0.348. The molecule has 0 unspecified atom stereocenters. The van der Waals surface area contributed by atoms with E-state index < -0.39 is 5.54 Å². The van der Waals surface area contributed by atoms with E-state index in [0.29, 0.717) is 39.3 Å². The van der Waals surface area contributed by atoms with Crippen LogP contribution in [0.2, 0.25) is 0 Å². The summed E-state index contributed by atoms with van der Waals surface area (Å²) in [5.41, 5.74) is 5.30. The fourth-order valence-corrected chi connectivity index (χ4v) is 0.888. The Balaban J connectivity index is 3.50. The Morgan fingerprint density at radius 1 is 1.07 bits per heavy atom. The number of rotatable bonds is 8. The van der Waals surface area contributed by atoms with Gasteiger partial charge in [-0.2, -0.15) is 10.5 Å². The highest BCUT2D eigenvalue weighted by molar-refractivity contribution is 4.78. The van der Waals surface area contributed by atoms with Gasteiger partial charge in [0.1, 0.15) is 0 Å². The maximum atomic E-state index is 8.28. The molecule has 15 heavy (non-hydrogen) atoms. The van der Waals surface area contributed by atoms with Crippen LogP contribution in [0.4, 0.5) is 0 Å². The van der Waals surface area contributed by atoms with Crippen molar-refractivity contribution >= 4 is 0 Å². The summed E-state index contributed by atoms with van der Waals surface area (Å²) in [7, 11) is 0. The Hall–Kier alpha value is -1.14. The van der Waals surface area contributed by atoms with E-state index in [4.69, 9.17) is 25.7 Å². The molecule has 5 nitrogen and oxygen atoms in total. The van der Waals surface area contributed by atoms with Gasteiger partial charge in [-0.1, -0.05) is 0 Å². The maximum Gasteiger partial charge on any atom is 0.0666 e. The van der Waals surface area contributed by atoms with Crippen LogP contribution in [0.15, 0.2) is 0 Å². The molecule has 0 fully saturated rings. The molecule has 0 aliphatic rings. The van der Waals surface area contributed by atoms with Gasteiger partial charge in [0.2, 0.25) is 0 Å². The summed E-state index contributed by atoms with van der Waals surface area (Å²) >= 11 is 0. The number of nitrogens with zero attached hydrogens (tertiary/aromatic N) is 2. The van der Waals surface area contributed by atoms with Crippen LogP contribution < -0.4 is 5.73 Å². The predicted molar refractivity (Wildman–Crippen MR) is 54.7 cm³/mol. The van der Waals surface area contributed by atoms with Crippen molar-refractivity contribution in [2.24, 2.45) is 5.73 Å². The summed E-state index contributed by atoms with van der Waals surface area (Å²) < 4.78 is 10.4. The molecule has 5 heteroatoms. The molecule has 0 radical (unpaired) electrons. The lowest BCUT2D eigenvalue weighted by Crippen LogP contribution is -2.46. The quantitative estimate of drug-likeness (QED) is 0.592. The zero-order valence-corrected chi connectivity index (χ0v) is 9.03. The van der Waals surface area contributed by atoms with Gasteiger partial charge in [-0.05, 0) is 6.92 Å². The van der Waals surface area contributed by atoms with Crippen LogP contribution in [-0.2, 0) is 9.47 Å². The van der Waals surface area contributed by atoms with Gasteiger partial charge >= 0.3 is 0 Å². The van der Waals surface area contributed by atoms with Gasteiger partial charge in [0.15, 0.2) is 0 Å². The van der Waals surface area contributed by atoms with Crippen molar-refractivity contribution in [2.45, 2.75) is 25.3 Å². The number of nitrogens with two attached hydrogens (primary N) is 1. The summed E-state index contributed by atoms with van der Waals surface area (Å²) in [5.74, 6) is 0. The average Bonchev–Trinajstić information content (AvgIpc) is 2.20. The molecule has 0 aromatic rings. The lowest BCUT2D eigenvalue weighted by molar-refractivity contribution is 0.0334. The zero-order chi connectivity index (χ0) is 11.6. The molecule has 84 valence electrons. The minimum Gasteiger partial charge on any atom is -0.378 e. The molecule has 0 aliphatic heterocycles. The second-order valence-electron chi connectivity index (χ2n) is 3.58. The molecule has 0 spiro atoms. The molecule has 0 bridgehead atoms. The summed E-state index contributed by atoms with van der Waals surface area (Å²) in [6.45, 7) is 3.29. The van der Waals surface area contributed by atoms with Gasteiger partial charge in [0.25, 0.3) is 0 Å². The largest absolute Gasteiger partial charge is 0.378 e. The van der Waals surface area contributed by atoms with Crippen LogP contribution >= 0.6 is 0 Å². The first-order valence-electron chi connectivity index (χ1n) is 4.80. The van der Waals surface area contributed by atoms with Crippen molar-refractivity contribution in [1.29, 1.82) is 10.5 Å². The van der Waals surface area contributed by atoms with Crippen molar-refractivity contribution in [1.82, 2.24) is 0 Å². The van der Waals surface area contributed by atoms with Crippen LogP contribution in [-0.4, -0.2) is 32.0 Å². The summed E-state index contributed by atoms with van der Waals surface area (Å²) in [6, 6.07) is 3.96. The lowest BCUT2D eigenvalue weighted by atomic mass is 10.1. The summed E-state index contributed by atoms with van der Waals surface area (Å²) in [5, 5.41) is 16.6. The third-order valence-electron chi connectivity index (χ3n) is 1.58. The highest BCUT2D eigenvalue weighted by atomic mass is 16.5. The molecule has 0 rings (SSSR count). The average molecular weight is 211 g/mol. The van der Waals surface area contributed by atoms with Gasteiger partial charge in [-0.3, -0.25) is 0 Å². The Bertz CT molecular complexity index is 216. The first-order chi connectivity index (χ1) is 7.12. The lowest BCUT2D eigenvalue weighted by Gasteiger charge is -2.23. The van der Waals surface area contributed by atoms with Crippen molar-refractivity contribution in [3.8, 4) is 12.1 Å². The molecule has 2 N–H and O–H groups in total. The van der Waals surface area contributed by atoms with Gasteiger partial charge in [0, 0.05) is 0 Å². The predicted octanol–water partition coefficient (Wildman–Crippen LogP) is 0.564. The maximum absolute atomic E-state index is 8.28. The van der Waals surface area contributed by atoms with E-state index in [9.17, 15) is 0 Å². The van der Waals surface area contributed by atoms with Crippen LogP contribution in [0.3, 0.4) is 0 Å². The molecule has 0 aromatic heterocycles. The standard InChI is InChI=1S/C10H17N3O2/c1-10(13,8-14-6-2-4-11)9-15-7-3-5-12/h2-3,6-9,13H2,1H3. The smallest absolute Gasteiger partial charge is 0.0666 e. The van der Waals surface area contributed by atoms with Crippen LogP contribution in [0.5, 0.6) is 0 Å². The van der Waals surface area contributed by atoms with Crippen molar-refractivity contribution in [3.05, 3.63) is 0 Å². The molecular formula is C10H17N3O2. The highest BCUT2D eigenvalue weighted by Gasteiger charge is 2.18. The number of nitriles is 2. The SMILES string of the molecule is CC(N)(COCCC#N)COCCC#N. The Kier molecular flexibility index (Phi) is 7.57. The Labute approximate surface area is 90.4 Å². The molecule has 0 amide bonds. The van der Waals surface area contributed by atoms with E-state index in [2.05, 4.69) is 0 Å². The van der Waals surface area contributed by atoms with Gasteiger partial charge in [0.05, 0.1) is 56.9 Å². The fourth-order valence-electron chi connectivity index (χ4n) is 0.888. The Morgan fingerprint density at radius 2 is 1.47 bits per heavy atom. The zero-order valence-electron chi connectivity index (χ0n) is 9.03. The molecule has 0 heterocycles. The monoisotopic (exact) mass is 211 g/mol. The highest BCUT2D eigenvalue weighted by Crippen LogP contribution is 2.01. The van der Waals surface area contributed by atoms with Crippen LogP contribution in [0.25, 0.3) is 0 Å². The molecule has 0 aromatic carbocycles. The van der Waals surface area contributed by atoms with E-state index in [1.165, 1.54) is 0 Å². The van der Waals surface area contributed by atoms with E-state index >= 15 is 0 Å². The van der Waals surface area contributed by atoms with Gasteiger partial charge < -0.3 is 15.2 Å². The topological polar surface area (TPSA) is 92.1 Å². The molecular weight excluding hydrogens is 194 g/mol. The van der Waals surface area contributed by atoms with Crippen molar-refractivity contribution in [2.75, 3.05) is 26.4 Å². The number of hydrogen-bond acceptors (Lipinski definition) is 5. The first-order valence-corrected chi connectivity index (χ1v) is 4.80. The number of hydrogen-bond donors (Lipinski definition) is 1. The van der Waals surface area contributed by atoms with E-state index in [0.717, 1.165) is 0 Å². The molecule has 0 saturated carbocycles. The third-order valence-corrected chi connectivity index (χ3v) is 1.58. The second kappa shape index (κ2) is 8.19. The van der Waals surface area contributed by atoms with Crippen molar-refractivity contribution < 1.29 is 9.47 Å². The summed E-state index contributed by atoms with van der Waals surface area (Å²) in [4.78, 5) is 0. The van der Waals surface area contributed by atoms with Gasteiger partial charge in [-0.25, -0.2) is 0 Å². The second-order valence-corrected chi connectivity index (χ2v) is 3.58. The minimum atomic E-state index is -0.565. The normalized spacial score (nSPS) is 10.7. The Morgan fingerprint density at radius 3 is 1.80 bits per heavy atom. The first kappa shape index (κ1) is 13.9. The van der Waals surface area contributed by atoms with E-state index in [1.54, 1.807) is 0 Å². The third kappa shape index (κ3) is 9.17. The fraction of sp³-hybridized carbons (Fsp3) is 0.800. The van der Waals surface area contributed by atoms with E-state index in [1.807, 2.05) is 19.1 Å². The molecule has 0 saturated heterocycles. The molecule has 0 aliphatic carbocycles. The number of ether oxygens (including phenoxy) is 2. The molecule has 0 atom stereocenters.